The zero-order valence-corrected chi connectivity index (χ0v) is 16.0. The molecule has 0 aliphatic rings. The highest BCUT2D eigenvalue weighted by molar-refractivity contribution is 5.87. The lowest BCUT2D eigenvalue weighted by Crippen LogP contribution is -2.49. The van der Waals surface area contributed by atoms with Gasteiger partial charge in [0.2, 0.25) is 5.91 Å². The molecule has 0 aromatic heterocycles. The van der Waals surface area contributed by atoms with Gasteiger partial charge in [-0.3, -0.25) is 9.59 Å². The first-order valence-electron chi connectivity index (χ1n) is 8.87. The van der Waals surface area contributed by atoms with Crippen molar-refractivity contribution in [2.45, 2.75) is 19.4 Å². The van der Waals surface area contributed by atoms with Crippen LogP contribution in [0.5, 0.6) is 11.5 Å². The summed E-state index contributed by atoms with van der Waals surface area (Å²) in [5.41, 5.74) is 1.11. The molecule has 6 nitrogen and oxygen atoms in total. The Balaban J connectivity index is 2.01. The van der Waals surface area contributed by atoms with Crippen molar-refractivity contribution >= 4 is 11.8 Å². The van der Waals surface area contributed by atoms with Crippen LogP contribution in [0.4, 0.5) is 0 Å². The number of carbonyl (C=O) groups is 2. The average molecular weight is 370 g/mol. The molecule has 0 bridgehead atoms. The second-order valence-corrected chi connectivity index (χ2v) is 6.08. The number of nitrogens with one attached hydrogen (secondary N) is 1. The highest BCUT2D eigenvalue weighted by Crippen LogP contribution is 2.17. The maximum absolute atomic E-state index is 12.7. The number of hydrogen-bond donors (Lipinski definition) is 1. The second kappa shape index (κ2) is 10.2. The fourth-order valence-corrected chi connectivity index (χ4v) is 2.68. The van der Waals surface area contributed by atoms with Crippen LogP contribution in [-0.2, 0) is 16.0 Å². The van der Waals surface area contributed by atoms with E-state index in [-0.39, 0.29) is 18.4 Å². The first-order valence-corrected chi connectivity index (χ1v) is 8.87. The minimum atomic E-state index is -0.578. The van der Waals surface area contributed by atoms with E-state index in [1.807, 2.05) is 30.3 Å². The molecule has 144 valence electrons. The predicted octanol–water partition coefficient (Wildman–Crippen LogP) is 2.28. The Morgan fingerprint density at radius 2 is 1.67 bits per heavy atom. The van der Waals surface area contributed by atoms with Crippen LogP contribution in [-0.4, -0.2) is 50.1 Å². The van der Waals surface area contributed by atoms with Crippen molar-refractivity contribution in [1.82, 2.24) is 10.2 Å². The Labute approximate surface area is 160 Å². The Hall–Kier alpha value is -3.02. The number of benzene rings is 2. The number of hydrogen-bond acceptors (Lipinski definition) is 4. The topological polar surface area (TPSA) is 67.9 Å². The number of amides is 2. The molecule has 2 amide bonds. The second-order valence-electron chi connectivity index (χ2n) is 6.08. The molecule has 0 radical (unpaired) electrons. The van der Waals surface area contributed by atoms with Crippen molar-refractivity contribution < 1.29 is 19.1 Å². The van der Waals surface area contributed by atoms with Crippen molar-refractivity contribution in [2.75, 3.05) is 27.3 Å². The van der Waals surface area contributed by atoms with Gasteiger partial charge in [0, 0.05) is 13.6 Å². The number of ether oxygens (including phenoxy) is 2. The molecule has 2 aromatic carbocycles. The highest BCUT2D eigenvalue weighted by atomic mass is 16.5. The summed E-state index contributed by atoms with van der Waals surface area (Å²) in [5.74, 6) is 0.838. The van der Waals surface area contributed by atoms with Crippen LogP contribution in [0.25, 0.3) is 0 Å². The Kier molecular flexibility index (Phi) is 7.67. The summed E-state index contributed by atoms with van der Waals surface area (Å²) < 4.78 is 10.7. The van der Waals surface area contributed by atoms with E-state index in [4.69, 9.17) is 9.47 Å². The summed E-state index contributed by atoms with van der Waals surface area (Å²) in [5, 5.41) is 2.60. The van der Waals surface area contributed by atoms with Crippen molar-refractivity contribution in [3.05, 3.63) is 60.2 Å². The molecule has 2 aromatic rings. The van der Waals surface area contributed by atoms with Crippen LogP contribution in [0.2, 0.25) is 0 Å². The van der Waals surface area contributed by atoms with E-state index in [9.17, 15) is 9.59 Å². The molecule has 27 heavy (non-hydrogen) atoms. The highest BCUT2D eigenvalue weighted by Gasteiger charge is 2.25. The lowest BCUT2D eigenvalue weighted by atomic mass is 10.1. The van der Waals surface area contributed by atoms with E-state index < -0.39 is 6.04 Å². The standard InChI is InChI=1S/C21H26N2O4/c1-16(21(25)22-2)23(14-13-17-7-5-4-6-8-17)20(24)15-27-19-11-9-18(26-3)10-12-19/h4-12,16H,13-15H2,1-3H3,(H,22,25)/t16-/m1/s1. The predicted molar refractivity (Wildman–Crippen MR) is 104 cm³/mol. The quantitative estimate of drug-likeness (QED) is 0.735. The van der Waals surface area contributed by atoms with E-state index in [1.165, 1.54) is 0 Å². The molecule has 2 rings (SSSR count). The average Bonchev–Trinajstić information content (AvgIpc) is 2.72. The molecule has 1 atom stereocenters. The smallest absolute Gasteiger partial charge is 0.261 e. The number of rotatable bonds is 9. The normalized spacial score (nSPS) is 11.4. The van der Waals surface area contributed by atoms with Gasteiger partial charge in [0.25, 0.3) is 5.91 Å². The number of likely N-dealkylation sites (N-methyl/N-ethyl adjacent to an activating group) is 1. The zero-order valence-electron chi connectivity index (χ0n) is 16.0. The zero-order chi connectivity index (χ0) is 19.6. The van der Waals surface area contributed by atoms with Gasteiger partial charge in [0.15, 0.2) is 6.61 Å². The van der Waals surface area contributed by atoms with Gasteiger partial charge in [-0.1, -0.05) is 30.3 Å². The summed E-state index contributed by atoms with van der Waals surface area (Å²) in [6.07, 6.45) is 0.663. The molecule has 0 spiro atoms. The fraction of sp³-hybridized carbons (Fsp3) is 0.333. The summed E-state index contributed by atoms with van der Waals surface area (Å²) in [6, 6.07) is 16.3. The lowest BCUT2D eigenvalue weighted by Gasteiger charge is -2.28. The van der Waals surface area contributed by atoms with Gasteiger partial charge in [-0.2, -0.15) is 0 Å². The van der Waals surface area contributed by atoms with Crippen molar-refractivity contribution in [2.24, 2.45) is 0 Å². The SMILES string of the molecule is CNC(=O)[C@@H](C)N(CCc1ccccc1)C(=O)COc1ccc(OC)cc1. The van der Waals surface area contributed by atoms with Gasteiger partial charge in [0.05, 0.1) is 7.11 Å². The number of carbonyl (C=O) groups excluding carboxylic acids is 2. The van der Waals surface area contributed by atoms with E-state index in [2.05, 4.69) is 5.32 Å². The molecule has 0 aliphatic carbocycles. The minimum Gasteiger partial charge on any atom is -0.497 e. The number of methoxy groups -OCH3 is 1. The van der Waals surface area contributed by atoms with Crippen molar-refractivity contribution in [1.29, 1.82) is 0 Å². The van der Waals surface area contributed by atoms with E-state index in [0.29, 0.717) is 24.5 Å². The Morgan fingerprint density at radius 1 is 1.04 bits per heavy atom. The van der Waals surface area contributed by atoms with Crippen molar-refractivity contribution in [3.63, 3.8) is 0 Å². The van der Waals surface area contributed by atoms with Gasteiger partial charge in [-0.25, -0.2) is 0 Å². The first kappa shape index (κ1) is 20.3. The summed E-state index contributed by atoms with van der Waals surface area (Å²) >= 11 is 0. The molecule has 0 heterocycles. The van der Waals surface area contributed by atoms with Crippen LogP contribution >= 0.6 is 0 Å². The molecule has 6 heteroatoms. The van der Waals surface area contributed by atoms with Gasteiger partial charge < -0.3 is 19.7 Å². The van der Waals surface area contributed by atoms with Crippen LogP contribution in [0.3, 0.4) is 0 Å². The van der Waals surface area contributed by atoms with E-state index in [1.54, 1.807) is 50.2 Å². The van der Waals surface area contributed by atoms with E-state index in [0.717, 1.165) is 5.56 Å². The molecule has 0 saturated carbocycles. The van der Waals surface area contributed by atoms with E-state index >= 15 is 0 Å². The summed E-state index contributed by atoms with van der Waals surface area (Å²) in [4.78, 5) is 26.3. The van der Waals surface area contributed by atoms with Gasteiger partial charge >= 0.3 is 0 Å². The monoisotopic (exact) mass is 370 g/mol. The van der Waals surface area contributed by atoms with Gasteiger partial charge in [0.1, 0.15) is 17.5 Å². The fourth-order valence-electron chi connectivity index (χ4n) is 2.68. The van der Waals surface area contributed by atoms with Crippen LogP contribution in [0.15, 0.2) is 54.6 Å². The van der Waals surface area contributed by atoms with Gasteiger partial charge in [-0.15, -0.1) is 0 Å². The molecule has 0 saturated heterocycles. The maximum atomic E-state index is 12.7. The Bertz CT molecular complexity index is 732. The summed E-state index contributed by atoms with van der Waals surface area (Å²) in [6.45, 7) is 2.01. The van der Waals surface area contributed by atoms with Crippen molar-refractivity contribution in [3.8, 4) is 11.5 Å². The molecule has 0 aliphatic heterocycles. The first-order chi connectivity index (χ1) is 13.0. The third kappa shape index (κ3) is 6.02. The Morgan fingerprint density at radius 3 is 2.26 bits per heavy atom. The number of nitrogens with zero attached hydrogens (tertiary/aromatic N) is 1. The molecule has 0 unspecified atom stereocenters. The third-order valence-electron chi connectivity index (χ3n) is 4.32. The van der Waals surface area contributed by atoms with Crippen LogP contribution in [0.1, 0.15) is 12.5 Å². The minimum absolute atomic E-state index is 0.136. The molecular formula is C21H26N2O4. The van der Waals surface area contributed by atoms with Crippen LogP contribution < -0.4 is 14.8 Å². The lowest BCUT2D eigenvalue weighted by molar-refractivity contribution is -0.141. The molecular weight excluding hydrogens is 344 g/mol. The summed E-state index contributed by atoms with van der Waals surface area (Å²) in [7, 11) is 3.15. The maximum Gasteiger partial charge on any atom is 0.261 e. The van der Waals surface area contributed by atoms with Gasteiger partial charge in [-0.05, 0) is 43.2 Å². The molecule has 1 N–H and O–H groups in total. The third-order valence-corrected chi connectivity index (χ3v) is 4.32. The molecule has 0 fully saturated rings. The largest absolute Gasteiger partial charge is 0.497 e. The van der Waals surface area contributed by atoms with Crippen LogP contribution in [0, 0.1) is 0 Å².